The Labute approximate surface area is 141 Å². The largest absolute Gasteiger partial charge is 0.333 e. The molecule has 1 aliphatic rings. The Morgan fingerprint density at radius 2 is 2.09 bits per heavy atom. The molecule has 1 saturated carbocycles. The van der Waals surface area contributed by atoms with Crippen LogP contribution < -0.4 is 5.32 Å². The van der Waals surface area contributed by atoms with Crippen LogP contribution in [0.3, 0.4) is 0 Å². The van der Waals surface area contributed by atoms with Gasteiger partial charge in [0.25, 0.3) is 0 Å². The molecule has 1 aromatic heterocycles. The highest BCUT2D eigenvalue weighted by Crippen LogP contribution is 2.28. The van der Waals surface area contributed by atoms with Gasteiger partial charge in [-0.2, -0.15) is 0 Å². The van der Waals surface area contributed by atoms with Gasteiger partial charge in [0.05, 0.1) is 6.54 Å². The predicted octanol–water partition coefficient (Wildman–Crippen LogP) is 4.52. The second-order valence-electron chi connectivity index (χ2n) is 5.38. The van der Waals surface area contributed by atoms with Crippen molar-refractivity contribution in [3.63, 3.8) is 0 Å². The normalized spacial score (nSPS) is 13.9. The van der Waals surface area contributed by atoms with Gasteiger partial charge in [0.15, 0.2) is 0 Å². The van der Waals surface area contributed by atoms with Crippen LogP contribution in [0.1, 0.15) is 23.3 Å². The first kappa shape index (κ1) is 15.5. The van der Waals surface area contributed by atoms with Gasteiger partial charge in [-0.15, -0.1) is 11.3 Å². The number of nitrogens with zero attached hydrogens (tertiary/aromatic N) is 1. The molecular formula is C16H16BrFN2OS. The lowest BCUT2D eigenvalue weighted by Gasteiger charge is -2.23. The van der Waals surface area contributed by atoms with Crippen molar-refractivity contribution in [1.82, 2.24) is 10.2 Å². The first-order valence-electron chi connectivity index (χ1n) is 7.13. The van der Waals surface area contributed by atoms with Gasteiger partial charge in [0.2, 0.25) is 0 Å². The summed E-state index contributed by atoms with van der Waals surface area (Å²) in [6.45, 7) is 1.05. The summed E-state index contributed by atoms with van der Waals surface area (Å²) in [6.07, 6.45) is 2.08. The van der Waals surface area contributed by atoms with Gasteiger partial charge in [-0.05, 0) is 52.5 Å². The average molecular weight is 383 g/mol. The predicted molar refractivity (Wildman–Crippen MR) is 89.2 cm³/mol. The van der Waals surface area contributed by atoms with Gasteiger partial charge < -0.3 is 10.2 Å². The van der Waals surface area contributed by atoms with Crippen molar-refractivity contribution >= 4 is 33.3 Å². The van der Waals surface area contributed by atoms with Gasteiger partial charge in [0.1, 0.15) is 5.82 Å². The maximum absolute atomic E-state index is 13.0. The second-order valence-corrected chi connectivity index (χ2v) is 7.29. The Hall–Kier alpha value is -1.40. The maximum Gasteiger partial charge on any atom is 0.318 e. The zero-order valence-corrected chi connectivity index (χ0v) is 14.3. The molecule has 6 heteroatoms. The first-order valence-corrected chi connectivity index (χ1v) is 8.81. The molecule has 1 aliphatic carbocycles. The molecule has 22 heavy (non-hydrogen) atoms. The molecule has 1 aromatic carbocycles. The van der Waals surface area contributed by atoms with Crippen LogP contribution in [0.15, 0.2) is 40.2 Å². The zero-order chi connectivity index (χ0) is 15.5. The van der Waals surface area contributed by atoms with Gasteiger partial charge >= 0.3 is 6.03 Å². The van der Waals surface area contributed by atoms with E-state index in [1.54, 1.807) is 23.5 Å². The molecule has 0 atom stereocenters. The monoisotopic (exact) mass is 382 g/mol. The van der Waals surface area contributed by atoms with Crippen molar-refractivity contribution in [2.24, 2.45) is 0 Å². The number of thiophene rings is 1. The van der Waals surface area contributed by atoms with Crippen molar-refractivity contribution in [2.45, 2.75) is 32.0 Å². The summed E-state index contributed by atoms with van der Waals surface area (Å²) in [4.78, 5) is 15.4. The van der Waals surface area contributed by atoms with Crippen LogP contribution in [0.5, 0.6) is 0 Å². The minimum Gasteiger partial charge on any atom is -0.333 e. The van der Waals surface area contributed by atoms with Crippen LogP contribution in [0.4, 0.5) is 9.18 Å². The third-order valence-corrected chi connectivity index (χ3v) is 5.25. The molecule has 0 spiro atoms. The third-order valence-electron chi connectivity index (χ3n) is 3.55. The van der Waals surface area contributed by atoms with E-state index in [0.717, 1.165) is 27.8 Å². The van der Waals surface area contributed by atoms with Crippen molar-refractivity contribution in [3.05, 3.63) is 56.4 Å². The summed E-state index contributed by atoms with van der Waals surface area (Å²) >= 11 is 5.02. The molecule has 2 amide bonds. The number of nitrogens with one attached hydrogen (secondary N) is 1. The van der Waals surface area contributed by atoms with Crippen LogP contribution in [0.2, 0.25) is 0 Å². The zero-order valence-electron chi connectivity index (χ0n) is 11.9. The SMILES string of the molecule is O=C(NCc1cc(Br)cs1)N(Cc1ccc(F)cc1)C1CC1. The molecule has 1 heterocycles. The lowest BCUT2D eigenvalue weighted by atomic mass is 10.2. The first-order chi connectivity index (χ1) is 10.6. The third kappa shape index (κ3) is 4.08. The van der Waals surface area contributed by atoms with Crippen molar-refractivity contribution in [3.8, 4) is 0 Å². The highest BCUT2D eigenvalue weighted by atomic mass is 79.9. The summed E-state index contributed by atoms with van der Waals surface area (Å²) in [7, 11) is 0. The van der Waals surface area contributed by atoms with E-state index >= 15 is 0 Å². The fourth-order valence-corrected chi connectivity index (χ4v) is 3.64. The van der Waals surface area contributed by atoms with Crippen LogP contribution >= 0.6 is 27.3 Å². The molecule has 2 aromatic rings. The molecule has 0 saturated heterocycles. The summed E-state index contributed by atoms with van der Waals surface area (Å²) in [5, 5.41) is 4.97. The second kappa shape index (κ2) is 6.79. The average Bonchev–Trinajstić information content (AvgIpc) is 3.26. The Morgan fingerprint density at radius 1 is 1.36 bits per heavy atom. The number of hydrogen-bond acceptors (Lipinski definition) is 2. The van der Waals surface area contributed by atoms with Gasteiger partial charge in [-0.3, -0.25) is 0 Å². The molecule has 116 valence electrons. The quantitative estimate of drug-likeness (QED) is 0.809. The highest BCUT2D eigenvalue weighted by molar-refractivity contribution is 9.10. The lowest BCUT2D eigenvalue weighted by Crippen LogP contribution is -2.40. The minimum atomic E-state index is -0.255. The number of urea groups is 1. The van der Waals surface area contributed by atoms with Gasteiger partial charge in [0, 0.05) is 27.3 Å². The number of carbonyl (C=O) groups is 1. The Bertz CT molecular complexity index is 654. The number of amides is 2. The minimum absolute atomic E-state index is 0.0589. The van der Waals surface area contributed by atoms with E-state index in [9.17, 15) is 9.18 Å². The number of carbonyl (C=O) groups excluding carboxylic acids is 1. The highest BCUT2D eigenvalue weighted by Gasteiger charge is 2.32. The molecule has 0 radical (unpaired) electrons. The number of benzene rings is 1. The number of halogens is 2. The summed E-state index contributed by atoms with van der Waals surface area (Å²) < 4.78 is 14.0. The van der Waals surface area contributed by atoms with Crippen molar-refractivity contribution in [1.29, 1.82) is 0 Å². The van der Waals surface area contributed by atoms with E-state index < -0.39 is 0 Å². The fraction of sp³-hybridized carbons (Fsp3) is 0.312. The van der Waals surface area contributed by atoms with E-state index in [1.165, 1.54) is 12.1 Å². The van der Waals surface area contributed by atoms with E-state index in [2.05, 4.69) is 21.2 Å². The topological polar surface area (TPSA) is 32.3 Å². The van der Waals surface area contributed by atoms with E-state index in [1.807, 2.05) is 16.3 Å². The molecule has 0 unspecified atom stereocenters. The Kier molecular flexibility index (Phi) is 4.78. The Balaban J connectivity index is 1.60. The maximum atomic E-state index is 13.0. The van der Waals surface area contributed by atoms with Crippen LogP contribution in [-0.4, -0.2) is 17.0 Å². The summed E-state index contributed by atoms with van der Waals surface area (Å²) in [6, 6.07) is 8.58. The molecule has 0 bridgehead atoms. The fourth-order valence-electron chi connectivity index (χ4n) is 2.25. The molecular weight excluding hydrogens is 367 g/mol. The Morgan fingerprint density at radius 3 is 2.68 bits per heavy atom. The molecule has 0 aliphatic heterocycles. The van der Waals surface area contributed by atoms with Gasteiger partial charge in [-0.25, -0.2) is 9.18 Å². The van der Waals surface area contributed by atoms with E-state index in [0.29, 0.717) is 19.1 Å². The van der Waals surface area contributed by atoms with Crippen LogP contribution in [0.25, 0.3) is 0 Å². The standard InChI is InChI=1S/C16H16BrFN2OS/c17-12-7-15(22-10-12)8-19-16(21)20(14-5-6-14)9-11-1-3-13(18)4-2-11/h1-4,7,10,14H,5-6,8-9H2,(H,19,21). The smallest absolute Gasteiger partial charge is 0.318 e. The summed E-state index contributed by atoms with van der Waals surface area (Å²) in [5.41, 5.74) is 0.947. The van der Waals surface area contributed by atoms with E-state index in [4.69, 9.17) is 0 Å². The number of rotatable bonds is 5. The molecule has 3 nitrogen and oxygen atoms in total. The lowest BCUT2D eigenvalue weighted by molar-refractivity contribution is 0.191. The van der Waals surface area contributed by atoms with E-state index in [-0.39, 0.29) is 11.8 Å². The van der Waals surface area contributed by atoms with Crippen molar-refractivity contribution < 1.29 is 9.18 Å². The molecule has 3 rings (SSSR count). The molecule has 1 fully saturated rings. The number of hydrogen-bond donors (Lipinski definition) is 1. The van der Waals surface area contributed by atoms with Crippen LogP contribution in [-0.2, 0) is 13.1 Å². The summed E-state index contributed by atoms with van der Waals surface area (Å²) in [5.74, 6) is -0.255. The van der Waals surface area contributed by atoms with Gasteiger partial charge in [-0.1, -0.05) is 12.1 Å². The van der Waals surface area contributed by atoms with Crippen LogP contribution in [0, 0.1) is 5.82 Å². The molecule has 1 N–H and O–H groups in total. The van der Waals surface area contributed by atoms with Crippen molar-refractivity contribution in [2.75, 3.05) is 0 Å².